The second-order valence-electron chi connectivity index (χ2n) is 19.2. The van der Waals surface area contributed by atoms with E-state index in [1.165, 1.54) is 128 Å². The van der Waals surface area contributed by atoms with E-state index in [4.69, 9.17) is 9.05 Å². The van der Waals surface area contributed by atoms with Gasteiger partial charge >= 0.3 is 0 Å². The smallest absolute Gasteiger partial charge is 0.268 e. The maximum Gasteiger partial charge on any atom is 0.268 e. The van der Waals surface area contributed by atoms with Crippen LogP contribution in [-0.4, -0.2) is 68.5 Å². The van der Waals surface area contributed by atoms with E-state index in [2.05, 4.69) is 79.9 Å². The van der Waals surface area contributed by atoms with Crippen molar-refractivity contribution in [1.82, 2.24) is 5.32 Å². The maximum atomic E-state index is 12.9. The molecule has 0 rings (SSSR count). The third kappa shape index (κ3) is 48.1. The number of rotatable bonds is 48. The fraction of sp³-hybridized carbons (Fsp3) is 0.800. The van der Waals surface area contributed by atoms with E-state index >= 15 is 0 Å². The number of phosphoric acid groups is 1. The number of allylic oxidation sites excluding steroid dienone is 10. The highest BCUT2D eigenvalue weighted by atomic mass is 31.2. The molecule has 0 aromatic rings. The Morgan fingerprint density at radius 3 is 1.38 bits per heavy atom. The van der Waals surface area contributed by atoms with Crippen LogP contribution >= 0.6 is 7.82 Å². The zero-order chi connectivity index (χ0) is 47.1. The first-order valence-corrected chi connectivity index (χ1v) is 28.1. The van der Waals surface area contributed by atoms with Crippen LogP contribution in [0.15, 0.2) is 60.8 Å². The van der Waals surface area contributed by atoms with Crippen molar-refractivity contribution in [3.8, 4) is 0 Å². The van der Waals surface area contributed by atoms with Crippen molar-refractivity contribution >= 4 is 13.7 Å². The molecule has 0 radical (unpaired) electrons. The first-order valence-electron chi connectivity index (χ1n) is 26.6. The van der Waals surface area contributed by atoms with Crippen molar-refractivity contribution in [3.05, 3.63) is 60.8 Å². The van der Waals surface area contributed by atoms with E-state index in [0.29, 0.717) is 23.9 Å². The van der Waals surface area contributed by atoms with Gasteiger partial charge in [-0.2, -0.15) is 0 Å². The van der Waals surface area contributed by atoms with Gasteiger partial charge in [0.25, 0.3) is 7.82 Å². The Morgan fingerprint density at radius 1 is 0.562 bits per heavy atom. The molecule has 0 bridgehead atoms. The van der Waals surface area contributed by atoms with Crippen molar-refractivity contribution in [2.24, 2.45) is 0 Å². The molecule has 8 nitrogen and oxygen atoms in total. The van der Waals surface area contributed by atoms with Crippen LogP contribution in [0, 0.1) is 0 Å². The number of likely N-dealkylation sites (N-methyl/N-ethyl adjacent to an activating group) is 1. The summed E-state index contributed by atoms with van der Waals surface area (Å²) in [4.78, 5) is 25.5. The fourth-order valence-electron chi connectivity index (χ4n) is 7.60. The Hall–Kier alpha value is -1.80. The first-order chi connectivity index (χ1) is 31.0. The minimum absolute atomic E-state index is 0.00296. The van der Waals surface area contributed by atoms with Gasteiger partial charge < -0.3 is 28.8 Å². The van der Waals surface area contributed by atoms with Crippen molar-refractivity contribution < 1.29 is 32.9 Å². The van der Waals surface area contributed by atoms with Gasteiger partial charge in [-0.1, -0.05) is 229 Å². The largest absolute Gasteiger partial charge is 0.756 e. The fourth-order valence-corrected chi connectivity index (χ4v) is 8.32. The quantitative estimate of drug-likeness (QED) is 0.0272. The molecule has 1 amide bonds. The van der Waals surface area contributed by atoms with Gasteiger partial charge in [0.15, 0.2) is 0 Å². The van der Waals surface area contributed by atoms with Crippen molar-refractivity contribution in [2.45, 2.75) is 244 Å². The standard InChI is InChI=1S/C55H103N2O6P/c1-6-8-10-12-14-16-18-20-22-24-26-27-28-29-31-32-34-36-38-40-42-44-46-48-54(58)53(52-63-64(60,61)62-51-50-57(3,4)5)56-55(59)49-47-45-43-41-39-37-35-33-30-25-23-21-19-17-15-13-11-9-7-2/h9,11,15,17,21,23,30,33,37,39,53-54,58H,6-8,10,12-14,16,18-20,22,24-29,31-32,34-36,38,40-52H2,1-5H3,(H-,56,59,60,61)/b11-9-,17-15-,23-21-,33-30-,39-37-. The van der Waals surface area contributed by atoms with Crippen LogP contribution in [0.25, 0.3) is 0 Å². The highest BCUT2D eigenvalue weighted by Crippen LogP contribution is 2.38. The number of hydrogen-bond acceptors (Lipinski definition) is 6. The Bertz CT molecular complexity index is 1230. The predicted octanol–water partition coefficient (Wildman–Crippen LogP) is 15.1. The van der Waals surface area contributed by atoms with Gasteiger partial charge in [0.1, 0.15) is 13.2 Å². The van der Waals surface area contributed by atoms with Gasteiger partial charge in [0.05, 0.1) is 39.9 Å². The summed E-state index contributed by atoms with van der Waals surface area (Å²) < 4.78 is 23.4. The van der Waals surface area contributed by atoms with Crippen LogP contribution in [-0.2, 0) is 18.4 Å². The van der Waals surface area contributed by atoms with Gasteiger partial charge in [0.2, 0.25) is 5.91 Å². The molecule has 64 heavy (non-hydrogen) atoms. The number of quaternary nitrogens is 1. The summed E-state index contributed by atoms with van der Waals surface area (Å²) in [6.45, 7) is 4.59. The normalized spacial score (nSPS) is 14.5. The van der Waals surface area contributed by atoms with Gasteiger partial charge in [-0.05, 0) is 57.8 Å². The Balaban J connectivity index is 4.28. The molecule has 0 spiro atoms. The van der Waals surface area contributed by atoms with Crippen LogP contribution in [0.3, 0.4) is 0 Å². The van der Waals surface area contributed by atoms with Crippen molar-refractivity contribution in [2.75, 3.05) is 40.9 Å². The van der Waals surface area contributed by atoms with Crippen LogP contribution in [0.2, 0.25) is 0 Å². The third-order valence-electron chi connectivity index (χ3n) is 11.8. The molecular formula is C55H103N2O6P. The molecule has 3 atom stereocenters. The third-order valence-corrected chi connectivity index (χ3v) is 12.7. The summed E-state index contributed by atoms with van der Waals surface area (Å²) in [5.41, 5.74) is 0. The number of aliphatic hydroxyl groups excluding tert-OH is 1. The zero-order valence-electron chi connectivity index (χ0n) is 42.5. The Morgan fingerprint density at radius 2 is 0.953 bits per heavy atom. The Kier molecular flexibility index (Phi) is 45.0. The molecule has 0 heterocycles. The van der Waals surface area contributed by atoms with Crippen molar-refractivity contribution in [1.29, 1.82) is 0 Å². The average molecular weight is 919 g/mol. The van der Waals surface area contributed by atoms with Gasteiger partial charge in [0, 0.05) is 6.42 Å². The molecule has 374 valence electrons. The number of aliphatic hydroxyl groups is 1. The lowest BCUT2D eigenvalue weighted by molar-refractivity contribution is -0.870. The second kappa shape index (κ2) is 46.3. The topological polar surface area (TPSA) is 108 Å². The number of carbonyl (C=O) groups excluding carboxylic acids is 1. The van der Waals surface area contributed by atoms with Gasteiger partial charge in [-0.15, -0.1) is 0 Å². The number of hydrogen-bond donors (Lipinski definition) is 2. The monoisotopic (exact) mass is 919 g/mol. The summed E-state index contributed by atoms with van der Waals surface area (Å²) in [5.74, 6) is -0.196. The molecule has 0 aromatic carbocycles. The van der Waals surface area contributed by atoms with Gasteiger partial charge in [-0.25, -0.2) is 0 Å². The number of carbonyl (C=O) groups is 1. The number of nitrogens with one attached hydrogen (secondary N) is 1. The minimum atomic E-state index is -4.58. The lowest BCUT2D eigenvalue weighted by Gasteiger charge is -2.30. The summed E-state index contributed by atoms with van der Waals surface area (Å²) in [5, 5.41) is 14.0. The first kappa shape index (κ1) is 62.2. The maximum absolute atomic E-state index is 12.9. The van der Waals surface area contributed by atoms with E-state index in [1.54, 1.807) is 0 Å². The summed E-state index contributed by atoms with van der Waals surface area (Å²) in [6.07, 6.45) is 61.0. The molecule has 0 fully saturated rings. The molecule has 0 aliphatic carbocycles. The lowest BCUT2D eigenvalue weighted by Crippen LogP contribution is -2.46. The zero-order valence-corrected chi connectivity index (χ0v) is 43.4. The van der Waals surface area contributed by atoms with Crippen LogP contribution < -0.4 is 10.2 Å². The lowest BCUT2D eigenvalue weighted by atomic mass is 10.0. The number of amides is 1. The minimum Gasteiger partial charge on any atom is -0.756 e. The van der Waals surface area contributed by atoms with E-state index in [-0.39, 0.29) is 19.1 Å². The molecule has 0 aliphatic heterocycles. The SMILES string of the molecule is CC/C=C\C/C=C\C/C=C\C/C=C\C/C=C\CCCCCC(=O)NC(COP(=O)([O-])OCC[N+](C)(C)C)C(O)CCCCCCCCCCCCCCCCCCCCCCCCC. The molecule has 0 aromatic heterocycles. The van der Waals surface area contributed by atoms with Gasteiger partial charge in [-0.3, -0.25) is 9.36 Å². The molecule has 3 unspecified atom stereocenters. The van der Waals surface area contributed by atoms with E-state index < -0.39 is 20.0 Å². The van der Waals surface area contributed by atoms with E-state index in [0.717, 1.165) is 77.0 Å². The number of nitrogens with zero attached hydrogens (tertiary/aromatic N) is 1. The molecule has 0 aliphatic rings. The molecule has 0 saturated carbocycles. The average Bonchev–Trinajstić information content (AvgIpc) is 3.25. The van der Waals surface area contributed by atoms with Crippen LogP contribution in [0.5, 0.6) is 0 Å². The van der Waals surface area contributed by atoms with E-state index in [1.807, 2.05) is 21.1 Å². The highest BCUT2D eigenvalue weighted by Gasteiger charge is 2.24. The Labute approximate surface area is 396 Å². The predicted molar refractivity (Wildman–Crippen MR) is 274 cm³/mol. The summed E-state index contributed by atoms with van der Waals surface area (Å²) >= 11 is 0. The molecule has 0 saturated heterocycles. The number of unbranched alkanes of at least 4 members (excludes halogenated alkanes) is 25. The van der Waals surface area contributed by atoms with Crippen LogP contribution in [0.4, 0.5) is 0 Å². The molecule has 9 heteroatoms. The number of phosphoric ester groups is 1. The molecular weight excluding hydrogens is 816 g/mol. The molecule has 2 N–H and O–H groups in total. The highest BCUT2D eigenvalue weighted by molar-refractivity contribution is 7.45. The summed E-state index contributed by atoms with van der Waals surface area (Å²) in [7, 11) is 1.28. The van der Waals surface area contributed by atoms with Crippen molar-refractivity contribution in [3.63, 3.8) is 0 Å². The summed E-state index contributed by atoms with van der Waals surface area (Å²) in [6, 6.07) is -0.821. The van der Waals surface area contributed by atoms with Crippen LogP contribution in [0.1, 0.15) is 232 Å². The second-order valence-corrected chi connectivity index (χ2v) is 20.6. The van der Waals surface area contributed by atoms with E-state index in [9.17, 15) is 19.4 Å².